The number of aromatic nitrogens is 3. The Morgan fingerprint density at radius 1 is 1.40 bits per heavy atom. The summed E-state index contributed by atoms with van der Waals surface area (Å²) < 4.78 is 0. The first-order chi connectivity index (χ1) is 7.33. The van der Waals surface area contributed by atoms with Crippen LogP contribution in [-0.4, -0.2) is 15.4 Å². The molecule has 0 spiro atoms. The maximum atomic E-state index is 5.53. The molecule has 15 heavy (non-hydrogen) atoms. The van der Waals surface area contributed by atoms with E-state index in [9.17, 15) is 0 Å². The standard InChI is InChI=1S/C10H13N5/c1-7-4-2-3-5-8(7)10(13-11)9-6-12-15-14-9/h2-6,10,13H,11H2,1H3,(H,12,14,15). The topological polar surface area (TPSA) is 79.6 Å². The largest absolute Gasteiger partial charge is 0.271 e. The van der Waals surface area contributed by atoms with E-state index in [1.807, 2.05) is 31.2 Å². The van der Waals surface area contributed by atoms with Crippen LogP contribution in [0.25, 0.3) is 0 Å². The SMILES string of the molecule is Cc1ccccc1C(NN)c1cn[nH]n1. The normalized spacial score (nSPS) is 12.7. The number of hydrogen-bond acceptors (Lipinski definition) is 4. The van der Waals surface area contributed by atoms with E-state index in [1.165, 1.54) is 5.56 Å². The van der Waals surface area contributed by atoms with Gasteiger partial charge in [0.05, 0.1) is 12.2 Å². The van der Waals surface area contributed by atoms with Crippen LogP contribution < -0.4 is 11.3 Å². The summed E-state index contributed by atoms with van der Waals surface area (Å²) >= 11 is 0. The number of aromatic amines is 1. The minimum Gasteiger partial charge on any atom is -0.271 e. The highest BCUT2D eigenvalue weighted by molar-refractivity contribution is 5.33. The van der Waals surface area contributed by atoms with Crippen molar-refractivity contribution in [2.45, 2.75) is 13.0 Å². The van der Waals surface area contributed by atoms with E-state index < -0.39 is 0 Å². The van der Waals surface area contributed by atoms with Crippen LogP contribution in [0.3, 0.4) is 0 Å². The molecular weight excluding hydrogens is 190 g/mol. The molecule has 0 radical (unpaired) electrons. The lowest BCUT2D eigenvalue weighted by atomic mass is 10.00. The van der Waals surface area contributed by atoms with Gasteiger partial charge in [0.2, 0.25) is 0 Å². The van der Waals surface area contributed by atoms with E-state index in [1.54, 1.807) is 6.20 Å². The fraction of sp³-hybridized carbons (Fsp3) is 0.200. The summed E-state index contributed by atoms with van der Waals surface area (Å²) in [5.41, 5.74) is 5.80. The molecule has 1 aromatic carbocycles. The zero-order chi connectivity index (χ0) is 10.7. The first-order valence-corrected chi connectivity index (χ1v) is 4.70. The van der Waals surface area contributed by atoms with E-state index in [0.29, 0.717) is 0 Å². The van der Waals surface area contributed by atoms with Gasteiger partial charge in [-0.15, -0.1) is 0 Å². The summed E-state index contributed by atoms with van der Waals surface area (Å²) in [4.78, 5) is 0. The van der Waals surface area contributed by atoms with Crippen LogP contribution in [0.15, 0.2) is 30.5 Å². The monoisotopic (exact) mass is 203 g/mol. The molecule has 0 fully saturated rings. The summed E-state index contributed by atoms with van der Waals surface area (Å²) in [6.07, 6.45) is 1.66. The fourth-order valence-electron chi connectivity index (χ4n) is 1.59. The van der Waals surface area contributed by atoms with Gasteiger partial charge in [-0.2, -0.15) is 15.4 Å². The lowest BCUT2D eigenvalue weighted by molar-refractivity contribution is 0.615. The second-order valence-electron chi connectivity index (χ2n) is 3.35. The second kappa shape index (κ2) is 4.20. The lowest BCUT2D eigenvalue weighted by Gasteiger charge is -2.15. The van der Waals surface area contributed by atoms with Gasteiger partial charge in [0, 0.05) is 0 Å². The van der Waals surface area contributed by atoms with E-state index >= 15 is 0 Å². The third kappa shape index (κ3) is 1.88. The van der Waals surface area contributed by atoms with Gasteiger partial charge in [-0.3, -0.25) is 5.84 Å². The van der Waals surface area contributed by atoms with Crippen LogP contribution in [-0.2, 0) is 0 Å². The second-order valence-corrected chi connectivity index (χ2v) is 3.35. The highest BCUT2D eigenvalue weighted by Crippen LogP contribution is 2.21. The molecule has 1 aromatic heterocycles. The van der Waals surface area contributed by atoms with E-state index in [0.717, 1.165) is 11.3 Å². The molecular formula is C10H13N5. The number of hydrazine groups is 1. The van der Waals surface area contributed by atoms with Crippen molar-refractivity contribution in [3.63, 3.8) is 0 Å². The van der Waals surface area contributed by atoms with Crippen molar-refractivity contribution in [1.82, 2.24) is 20.8 Å². The molecule has 78 valence electrons. The first kappa shape index (κ1) is 9.82. The average molecular weight is 203 g/mol. The number of rotatable bonds is 3. The Balaban J connectivity index is 2.40. The number of nitrogens with two attached hydrogens (primary N) is 1. The zero-order valence-electron chi connectivity index (χ0n) is 8.44. The van der Waals surface area contributed by atoms with Crippen molar-refractivity contribution >= 4 is 0 Å². The van der Waals surface area contributed by atoms with Gasteiger partial charge in [0.25, 0.3) is 0 Å². The molecule has 2 aromatic rings. The summed E-state index contributed by atoms with van der Waals surface area (Å²) in [7, 11) is 0. The summed E-state index contributed by atoms with van der Waals surface area (Å²) in [5, 5.41) is 10.4. The summed E-state index contributed by atoms with van der Waals surface area (Å²) in [6.45, 7) is 2.04. The Morgan fingerprint density at radius 2 is 2.20 bits per heavy atom. The third-order valence-electron chi connectivity index (χ3n) is 2.40. The van der Waals surface area contributed by atoms with Crippen LogP contribution in [0.5, 0.6) is 0 Å². The van der Waals surface area contributed by atoms with Gasteiger partial charge in [-0.1, -0.05) is 24.3 Å². The summed E-state index contributed by atoms with van der Waals surface area (Å²) in [5.74, 6) is 5.53. The van der Waals surface area contributed by atoms with Gasteiger partial charge in [-0.25, -0.2) is 5.43 Å². The molecule has 0 amide bonds. The molecule has 5 heteroatoms. The molecule has 0 bridgehead atoms. The smallest absolute Gasteiger partial charge is 0.105 e. The van der Waals surface area contributed by atoms with Gasteiger partial charge >= 0.3 is 0 Å². The molecule has 0 saturated heterocycles. The molecule has 0 aliphatic carbocycles. The minimum atomic E-state index is -0.120. The Labute approximate surface area is 87.7 Å². The van der Waals surface area contributed by atoms with Crippen molar-refractivity contribution in [2.75, 3.05) is 0 Å². The van der Waals surface area contributed by atoms with Crippen molar-refractivity contribution in [3.05, 3.63) is 47.3 Å². The van der Waals surface area contributed by atoms with Crippen LogP contribution in [0, 0.1) is 6.92 Å². The number of aryl methyl sites for hydroxylation is 1. The molecule has 5 nitrogen and oxygen atoms in total. The Morgan fingerprint density at radius 3 is 2.80 bits per heavy atom. The number of benzene rings is 1. The number of nitrogens with zero attached hydrogens (tertiary/aromatic N) is 2. The van der Waals surface area contributed by atoms with E-state index in [-0.39, 0.29) is 6.04 Å². The van der Waals surface area contributed by atoms with E-state index in [2.05, 4.69) is 20.8 Å². The van der Waals surface area contributed by atoms with Crippen LogP contribution in [0.1, 0.15) is 22.9 Å². The molecule has 0 aliphatic heterocycles. The highest BCUT2D eigenvalue weighted by Gasteiger charge is 2.16. The van der Waals surface area contributed by atoms with Crippen molar-refractivity contribution in [1.29, 1.82) is 0 Å². The molecule has 1 atom stereocenters. The summed E-state index contributed by atoms with van der Waals surface area (Å²) in [6, 6.07) is 7.92. The first-order valence-electron chi connectivity index (χ1n) is 4.70. The maximum absolute atomic E-state index is 5.53. The maximum Gasteiger partial charge on any atom is 0.105 e. The molecule has 0 aliphatic rings. The minimum absolute atomic E-state index is 0.120. The van der Waals surface area contributed by atoms with E-state index in [4.69, 9.17) is 5.84 Å². The predicted octanol–water partition coefficient (Wildman–Crippen LogP) is 0.666. The zero-order valence-corrected chi connectivity index (χ0v) is 8.44. The molecule has 4 N–H and O–H groups in total. The van der Waals surface area contributed by atoms with Gasteiger partial charge in [0.1, 0.15) is 5.69 Å². The Bertz CT molecular complexity index is 423. The van der Waals surface area contributed by atoms with Crippen LogP contribution in [0.4, 0.5) is 0 Å². The van der Waals surface area contributed by atoms with Gasteiger partial charge in [-0.05, 0) is 18.1 Å². The molecule has 2 rings (SSSR count). The highest BCUT2D eigenvalue weighted by atomic mass is 15.3. The third-order valence-corrected chi connectivity index (χ3v) is 2.40. The quantitative estimate of drug-likeness (QED) is 0.506. The van der Waals surface area contributed by atoms with Crippen LogP contribution in [0.2, 0.25) is 0 Å². The Kier molecular flexibility index (Phi) is 2.75. The molecule has 1 heterocycles. The molecule has 1 unspecified atom stereocenters. The van der Waals surface area contributed by atoms with Gasteiger partial charge < -0.3 is 0 Å². The number of nitrogens with one attached hydrogen (secondary N) is 2. The van der Waals surface area contributed by atoms with Gasteiger partial charge in [0.15, 0.2) is 0 Å². The number of H-pyrrole nitrogens is 1. The fourth-order valence-corrected chi connectivity index (χ4v) is 1.59. The number of hydrogen-bond donors (Lipinski definition) is 3. The van der Waals surface area contributed by atoms with Crippen molar-refractivity contribution in [2.24, 2.45) is 5.84 Å². The van der Waals surface area contributed by atoms with Crippen molar-refractivity contribution in [3.8, 4) is 0 Å². The Hall–Kier alpha value is -1.72. The molecule has 0 saturated carbocycles. The average Bonchev–Trinajstić information content (AvgIpc) is 2.75. The lowest BCUT2D eigenvalue weighted by Crippen LogP contribution is -2.29. The van der Waals surface area contributed by atoms with Crippen molar-refractivity contribution < 1.29 is 0 Å². The van der Waals surface area contributed by atoms with Crippen LogP contribution >= 0.6 is 0 Å². The predicted molar refractivity (Wildman–Crippen MR) is 56.7 cm³/mol.